The number of rotatable bonds is 7. The molecule has 0 spiro atoms. The number of likely N-dealkylation sites (tertiary alicyclic amines) is 1. The van der Waals surface area contributed by atoms with Gasteiger partial charge in [0.05, 0.1) is 18.8 Å². The molecule has 2 aliphatic heterocycles. The van der Waals surface area contributed by atoms with E-state index in [9.17, 15) is 10.4 Å². The van der Waals surface area contributed by atoms with Crippen molar-refractivity contribution in [1.29, 1.82) is 5.26 Å². The Morgan fingerprint density at radius 3 is 2.84 bits per heavy atom. The third-order valence-electron chi connectivity index (χ3n) is 6.70. The molecule has 2 saturated heterocycles. The van der Waals surface area contributed by atoms with Crippen LogP contribution in [0.15, 0.2) is 24.4 Å². The number of aliphatic hydroxyl groups excluding tert-OH is 1. The molecule has 0 aliphatic carbocycles. The number of piperidine rings is 1. The van der Waals surface area contributed by atoms with Crippen molar-refractivity contribution in [3.8, 4) is 6.07 Å². The maximum Gasteiger partial charge on any atom is 0.183 e. The average Bonchev–Trinajstić information content (AvgIpc) is 2.73. The van der Waals surface area contributed by atoms with Crippen LogP contribution in [0.5, 0.6) is 0 Å². The Hall–Kier alpha value is -2.40. The van der Waals surface area contributed by atoms with E-state index < -0.39 is 0 Å². The van der Waals surface area contributed by atoms with Crippen molar-refractivity contribution >= 4 is 23.2 Å². The van der Waals surface area contributed by atoms with Crippen LogP contribution >= 0.6 is 11.6 Å². The molecule has 1 aromatic heterocycles. The van der Waals surface area contributed by atoms with Crippen molar-refractivity contribution in [2.24, 2.45) is 11.8 Å². The number of nitriles is 1. The summed E-state index contributed by atoms with van der Waals surface area (Å²) in [5.74, 6) is 2.59. The second-order valence-electron chi connectivity index (χ2n) is 9.02. The van der Waals surface area contributed by atoms with E-state index in [1.807, 2.05) is 32.0 Å². The molecule has 2 fully saturated rings. The van der Waals surface area contributed by atoms with E-state index in [4.69, 9.17) is 16.6 Å². The van der Waals surface area contributed by atoms with E-state index in [1.54, 1.807) is 6.20 Å². The molecule has 2 aliphatic rings. The Kier molecular flexibility index (Phi) is 7.14. The van der Waals surface area contributed by atoms with Crippen LogP contribution in [0.2, 0.25) is 5.02 Å². The van der Waals surface area contributed by atoms with Crippen molar-refractivity contribution in [2.75, 3.05) is 49.5 Å². The first-order valence-electron chi connectivity index (χ1n) is 11.4. The van der Waals surface area contributed by atoms with Crippen LogP contribution in [0.4, 0.5) is 11.6 Å². The van der Waals surface area contributed by atoms with E-state index in [0.29, 0.717) is 22.7 Å². The number of hydrogen-bond donors (Lipinski definition) is 2. The van der Waals surface area contributed by atoms with E-state index in [2.05, 4.69) is 26.2 Å². The smallest absolute Gasteiger partial charge is 0.183 e. The highest BCUT2D eigenvalue weighted by atomic mass is 35.5. The minimum Gasteiger partial charge on any atom is -0.395 e. The first-order valence-corrected chi connectivity index (χ1v) is 11.7. The minimum atomic E-state index is -0.108. The number of aliphatic hydroxyl groups is 1. The van der Waals surface area contributed by atoms with Gasteiger partial charge in [-0.1, -0.05) is 23.7 Å². The fraction of sp³-hybridized carbons (Fsp3) is 0.542. The van der Waals surface area contributed by atoms with Crippen LogP contribution in [0.3, 0.4) is 0 Å². The molecule has 4 rings (SSSR count). The highest BCUT2D eigenvalue weighted by Gasteiger charge is 2.36. The predicted octanol–water partition coefficient (Wildman–Crippen LogP) is 3.62. The molecule has 3 heterocycles. The first kappa shape index (κ1) is 22.8. The summed E-state index contributed by atoms with van der Waals surface area (Å²) >= 11 is 6.43. The number of anilines is 2. The van der Waals surface area contributed by atoms with E-state index >= 15 is 0 Å². The van der Waals surface area contributed by atoms with Gasteiger partial charge in [0.25, 0.3) is 0 Å². The number of nitrogens with one attached hydrogen (secondary N) is 1. The molecular weight excluding hydrogens is 424 g/mol. The summed E-state index contributed by atoms with van der Waals surface area (Å²) in [7, 11) is 0. The lowest BCUT2D eigenvalue weighted by atomic mass is 9.80. The summed E-state index contributed by atoms with van der Waals surface area (Å²) in [5.41, 5.74) is 2.35. The summed E-state index contributed by atoms with van der Waals surface area (Å²) in [5, 5.41) is 22.8. The third kappa shape index (κ3) is 4.98. The molecule has 2 aromatic rings. The molecule has 0 bridgehead atoms. The Morgan fingerprint density at radius 2 is 2.12 bits per heavy atom. The maximum absolute atomic E-state index is 9.52. The maximum atomic E-state index is 9.52. The minimum absolute atomic E-state index is 0.108. The summed E-state index contributed by atoms with van der Waals surface area (Å²) in [6.45, 7) is 9.08. The van der Waals surface area contributed by atoms with Crippen LogP contribution in [0, 0.1) is 30.1 Å². The van der Waals surface area contributed by atoms with Crippen LogP contribution in [0.1, 0.15) is 42.6 Å². The number of aryl methyl sites for hydroxylation is 1. The molecule has 2 atom stereocenters. The van der Waals surface area contributed by atoms with Crippen molar-refractivity contribution < 1.29 is 5.11 Å². The standard InChI is InChI=1S/C24H31ClN6O/c1-16-5-6-20(21(25)10-16)17(2)28-24-22(11-26)27-12-23(29-24)31-14-19(15-31)18-4-3-7-30(13-18)8-9-32/h5-6,10,12,17-19,32H,3-4,7-9,13-15H2,1-2H3,(H,28,29). The fourth-order valence-electron chi connectivity index (χ4n) is 4.80. The van der Waals surface area contributed by atoms with Crippen molar-refractivity contribution in [3.63, 3.8) is 0 Å². The lowest BCUT2D eigenvalue weighted by molar-refractivity contribution is 0.101. The third-order valence-corrected chi connectivity index (χ3v) is 7.03. The van der Waals surface area contributed by atoms with Gasteiger partial charge in [-0.05, 0) is 62.3 Å². The van der Waals surface area contributed by atoms with Crippen molar-refractivity contribution in [2.45, 2.75) is 32.7 Å². The quantitative estimate of drug-likeness (QED) is 0.660. The second-order valence-corrected chi connectivity index (χ2v) is 9.43. The van der Waals surface area contributed by atoms with Crippen molar-refractivity contribution in [3.05, 3.63) is 46.2 Å². The van der Waals surface area contributed by atoms with E-state index in [1.165, 1.54) is 12.8 Å². The molecule has 0 radical (unpaired) electrons. The van der Waals surface area contributed by atoms with Crippen LogP contribution in [0.25, 0.3) is 0 Å². The van der Waals surface area contributed by atoms with Gasteiger partial charge >= 0.3 is 0 Å². The number of β-amino-alcohol motifs (C(OH)–C–C–N with tert-alkyl or cyclic N) is 1. The first-order chi connectivity index (χ1) is 15.5. The second kappa shape index (κ2) is 10.0. The molecule has 7 nitrogen and oxygen atoms in total. The number of nitrogens with zero attached hydrogens (tertiary/aromatic N) is 5. The summed E-state index contributed by atoms with van der Waals surface area (Å²) in [4.78, 5) is 13.7. The number of hydrogen-bond acceptors (Lipinski definition) is 7. The Balaban J connectivity index is 1.42. The van der Waals surface area contributed by atoms with Crippen LogP contribution < -0.4 is 10.2 Å². The van der Waals surface area contributed by atoms with Crippen LogP contribution in [-0.2, 0) is 0 Å². The molecule has 32 heavy (non-hydrogen) atoms. The summed E-state index contributed by atoms with van der Waals surface area (Å²) in [6, 6.07) is 8.00. The Bertz CT molecular complexity index is 985. The lowest BCUT2D eigenvalue weighted by Crippen LogP contribution is -2.54. The molecule has 2 unspecified atom stereocenters. The van der Waals surface area contributed by atoms with Gasteiger partial charge in [0, 0.05) is 31.2 Å². The van der Waals surface area contributed by atoms with E-state index in [-0.39, 0.29) is 18.3 Å². The van der Waals surface area contributed by atoms with Gasteiger partial charge in [-0.3, -0.25) is 0 Å². The number of halogens is 1. The van der Waals surface area contributed by atoms with E-state index in [0.717, 1.165) is 49.7 Å². The topological polar surface area (TPSA) is 88.3 Å². The van der Waals surface area contributed by atoms with Gasteiger partial charge in [-0.15, -0.1) is 0 Å². The SMILES string of the molecule is Cc1ccc(C(C)Nc2nc(N3CC(C4CCCN(CCO)C4)C3)cnc2C#N)c(Cl)c1. The molecule has 0 amide bonds. The predicted molar refractivity (Wildman–Crippen MR) is 127 cm³/mol. The molecular formula is C24H31ClN6O. The van der Waals surface area contributed by atoms with Gasteiger partial charge in [0.15, 0.2) is 11.5 Å². The van der Waals surface area contributed by atoms with Gasteiger partial charge in [0.2, 0.25) is 0 Å². The summed E-state index contributed by atoms with van der Waals surface area (Å²) in [6.07, 6.45) is 4.15. The zero-order chi connectivity index (χ0) is 22.7. The normalized spacial score (nSPS) is 20.5. The number of aromatic nitrogens is 2. The molecule has 170 valence electrons. The van der Waals surface area contributed by atoms with Crippen molar-refractivity contribution in [1.82, 2.24) is 14.9 Å². The molecule has 8 heteroatoms. The molecule has 1 aromatic carbocycles. The number of benzene rings is 1. The highest BCUT2D eigenvalue weighted by molar-refractivity contribution is 6.31. The largest absolute Gasteiger partial charge is 0.395 e. The monoisotopic (exact) mass is 454 g/mol. The van der Waals surface area contributed by atoms with Gasteiger partial charge in [-0.2, -0.15) is 5.26 Å². The lowest BCUT2D eigenvalue weighted by Gasteiger charge is -2.47. The molecule has 0 saturated carbocycles. The Labute approximate surface area is 195 Å². The zero-order valence-electron chi connectivity index (χ0n) is 18.8. The fourth-order valence-corrected chi connectivity index (χ4v) is 5.20. The zero-order valence-corrected chi connectivity index (χ0v) is 19.5. The Morgan fingerprint density at radius 1 is 1.31 bits per heavy atom. The van der Waals surface area contributed by atoms with Crippen LogP contribution in [-0.4, -0.2) is 59.3 Å². The average molecular weight is 455 g/mol. The molecule has 2 N–H and O–H groups in total. The van der Waals surface area contributed by atoms with Gasteiger partial charge in [-0.25, -0.2) is 9.97 Å². The summed E-state index contributed by atoms with van der Waals surface area (Å²) < 4.78 is 0. The van der Waals surface area contributed by atoms with Gasteiger partial charge < -0.3 is 20.2 Å². The highest BCUT2D eigenvalue weighted by Crippen LogP contribution is 2.34. The van der Waals surface area contributed by atoms with Gasteiger partial charge in [0.1, 0.15) is 11.9 Å².